The fourth-order valence-corrected chi connectivity index (χ4v) is 3.96. The van der Waals surface area contributed by atoms with Crippen LogP contribution in [0.25, 0.3) is 11.0 Å². The fourth-order valence-electron chi connectivity index (χ4n) is 2.68. The van der Waals surface area contributed by atoms with Gasteiger partial charge < -0.3 is 4.74 Å². The lowest BCUT2D eigenvalue weighted by Crippen LogP contribution is -2.34. The molecule has 0 radical (unpaired) electrons. The smallest absolute Gasteiger partial charge is 0.317 e. The maximum atomic E-state index is 12.1. The van der Waals surface area contributed by atoms with Crippen molar-refractivity contribution in [1.29, 1.82) is 0 Å². The third kappa shape index (κ3) is 4.70. The molecule has 0 saturated heterocycles. The van der Waals surface area contributed by atoms with Crippen LogP contribution >= 0.6 is 27.7 Å². The van der Waals surface area contributed by atoms with Crippen molar-refractivity contribution in [3.63, 3.8) is 0 Å². The molecule has 0 unspecified atom stereocenters. The van der Waals surface area contributed by atoms with E-state index < -0.39 is 0 Å². The Morgan fingerprint density at radius 2 is 2.19 bits per heavy atom. The normalized spacial score (nSPS) is 11.2. The molecular weight excluding hydrogens is 428 g/mol. The number of H-pyrrole nitrogens is 1. The van der Waals surface area contributed by atoms with Crippen LogP contribution in [0.5, 0.6) is 5.75 Å². The number of imidazole rings is 1. The van der Waals surface area contributed by atoms with Gasteiger partial charge in [-0.1, -0.05) is 28.1 Å². The Morgan fingerprint density at radius 3 is 2.96 bits per heavy atom. The van der Waals surface area contributed by atoms with Gasteiger partial charge in [0.15, 0.2) is 11.0 Å². The van der Waals surface area contributed by atoms with Gasteiger partial charge >= 0.3 is 5.16 Å². The maximum Gasteiger partial charge on any atom is 0.317 e. The van der Waals surface area contributed by atoms with Gasteiger partial charge in [0, 0.05) is 10.0 Å². The van der Waals surface area contributed by atoms with Gasteiger partial charge in [0.05, 0.1) is 25.6 Å². The molecule has 0 aliphatic heterocycles. The molecule has 2 N–H and O–H groups in total. The number of ether oxygens (including phenoxy) is 1. The van der Waals surface area contributed by atoms with Gasteiger partial charge in [-0.2, -0.15) is 5.10 Å². The molecule has 8 heteroatoms. The molecule has 3 rings (SSSR count). The van der Waals surface area contributed by atoms with Gasteiger partial charge in [0.25, 0.3) is 5.91 Å². The first kappa shape index (κ1) is 19.4. The summed E-state index contributed by atoms with van der Waals surface area (Å²) in [6.07, 6.45) is 1.57. The van der Waals surface area contributed by atoms with E-state index in [2.05, 4.69) is 49.0 Å². The number of halogens is 1. The summed E-state index contributed by atoms with van der Waals surface area (Å²) in [4.78, 5) is 15.5. The third-order valence-electron chi connectivity index (χ3n) is 3.92. The number of methoxy groups -OCH3 is 1. The highest BCUT2D eigenvalue weighted by atomic mass is 79.9. The number of thioether (sulfide) groups is 1. The number of rotatable bonds is 7. The summed E-state index contributed by atoms with van der Waals surface area (Å²) in [5.74, 6) is 0.777. The predicted molar refractivity (Wildman–Crippen MR) is 111 cm³/mol. The van der Waals surface area contributed by atoms with Crippen LogP contribution in [0.15, 0.2) is 57.2 Å². The first-order valence-electron chi connectivity index (χ1n) is 8.41. The topological polar surface area (TPSA) is 70.4 Å². The maximum absolute atomic E-state index is 12.1. The van der Waals surface area contributed by atoms with Crippen molar-refractivity contribution < 1.29 is 14.1 Å². The first-order chi connectivity index (χ1) is 13.1. The van der Waals surface area contributed by atoms with Gasteiger partial charge in [-0.05, 0) is 49.0 Å². The molecule has 140 valence electrons. The van der Waals surface area contributed by atoms with Crippen molar-refractivity contribution in [3.8, 4) is 5.75 Å². The quantitative estimate of drug-likeness (QED) is 0.252. The second-order valence-electron chi connectivity index (χ2n) is 5.66. The van der Waals surface area contributed by atoms with Gasteiger partial charge in [-0.3, -0.25) is 4.79 Å². The van der Waals surface area contributed by atoms with Crippen molar-refractivity contribution in [2.45, 2.75) is 18.6 Å². The van der Waals surface area contributed by atoms with E-state index in [0.29, 0.717) is 5.75 Å². The average Bonchev–Trinajstić information content (AvgIpc) is 3.04. The summed E-state index contributed by atoms with van der Waals surface area (Å²) in [6, 6.07) is 13.7. The molecule has 1 amide bonds. The van der Waals surface area contributed by atoms with Crippen LogP contribution in [0, 0.1) is 0 Å². The summed E-state index contributed by atoms with van der Waals surface area (Å²) in [5, 5.41) is 4.98. The number of para-hydroxylation sites is 2. The minimum absolute atomic E-state index is 0.175. The summed E-state index contributed by atoms with van der Waals surface area (Å²) < 4.78 is 8.35. The second kappa shape index (κ2) is 9.05. The zero-order chi connectivity index (χ0) is 19.2. The number of fused-ring (bicyclic) bond motifs is 1. The van der Waals surface area contributed by atoms with Crippen molar-refractivity contribution in [3.05, 3.63) is 52.5 Å². The Hall–Kier alpha value is -2.32. The highest BCUT2D eigenvalue weighted by Crippen LogP contribution is 2.21. The number of nitrogens with zero attached hydrogens (tertiary/aromatic N) is 2. The Labute approximate surface area is 170 Å². The molecule has 0 bridgehead atoms. The van der Waals surface area contributed by atoms with E-state index in [1.807, 2.05) is 36.4 Å². The fraction of sp³-hybridized carbons (Fsp3) is 0.211. The number of aromatic nitrogens is 2. The number of amides is 1. The minimum atomic E-state index is -0.175. The molecule has 0 fully saturated rings. The number of nitrogens with one attached hydrogen (secondary N) is 2. The van der Waals surface area contributed by atoms with Crippen LogP contribution < -0.4 is 14.7 Å². The summed E-state index contributed by atoms with van der Waals surface area (Å²) in [6.45, 7) is 2.91. The molecule has 0 spiro atoms. The van der Waals surface area contributed by atoms with Crippen LogP contribution in [-0.4, -0.2) is 30.0 Å². The number of aromatic amines is 1. The van der Waals surface area contributed by atoms with E-state index >= 15 is 0 Å². The lowest BCUT2D eigenvalue weighted by molar-refractivity contribution is -0.705. The first-order valence-corrected chi connectivity index (χ1v) is 10.2. The second-order valence-corrected chi connectivity index (χ2v) is 7.54. The standard InChI is InChI=1S/C19H19BrN4O2S/c1-3-24-16-7-5-4-6-15(16)22-19(24)27-12-18(25)23-21-11-13-10-14(20)8-9-17(13)26-2/h4-11H,3,12H2,1-2H3,(H,23,25)/p+1. The number of hydrogen-bond donors (Lipinski definition) is 2. The van der Waals surface area contributed by atoms with Crippen LogP contribution in [-0.2, 0) is 11.3 Å². The molecular formula is C19H20BrN4O2S+. The number of hydrogen-bond acceptors (Lipinski definition) is 4. The summed E-state index contributed by atoms with van der Waals surface area (Å²) in [7, 11) is 1.60. The average molecular weight is 448 g/mol. The number of hydrazone groups is 1. The van der Waals surface area contributed by atoms with E-state index in [-0.39, 0.29) is 11.7 Å². The largest absolute Gasteiger partial charge is 0.496 e. The highest BCUT2D eigenvalue weighted by Gasteiger charge is 2.18. The number of aryl methyl sites for hydroxylation is 1. The van der Waals surface area contributed by atoms with E-state index in [1.54, 1.807) is 13.3 Å². The van der Waals surface area contributed by atoms with Gasteiger partial charge in [0.2, 0.25) is 0 Å². The van der Waals surface area contributed by atoms with E-state index in [4.69, 9.17) is 4.74 Å². The van der Waals surface area contributed by atoms with E-state index in [0.717, 1.165) is 32.8 Å². The lowest BCUT2D eigenvalue weighted by atomic mass is 10.2. The molecule has 27 heavy (non-hydrogen) atoms. The number of carbonyl (C=O) groups excluding carboxylic acids is 1. The molecule has 2 aromatic carbocycles. The summed E-state index contributed by atoms with van der Waals surface area (Å²) >= 11 is 4.86. The SMILES string of the molecule is CC[n+]1c(SCC(=O)NN=Cc2cc(Br)ccc2OC)[nH]c2ccccc21. The van der Waals surface area contributed by atoms with Crippen LogP contribution in [0.4, 0.5) is 0 Å². The van der Waals surface area contributed by atoms with Crippen LogP contribution in [0.1, 0.15) is 12.5 Å². The number of carbonyl (C=O) groups is 1. The van der Waals surface area contributed by atoms with Crippen LogP contribution in [0.3, 0.4) is 0 Å². The van der Waals surface area contributed by atoms with Crippen molar-refractivity contribution in [2.24, 2.45) is 5.10 Å². The van der Waals surface area contributed by atoms with Gasteiger partial charge in [-0.25, -0.2) is 15.0 Å². The zero-order valence-electron chi connectivity index (χ0n) is 15.0. The van der Waals surface area contributed by atoms with Crippen molar-refractivity contribution in [2.75, 3.05) is 12.9 Å². The molecule has 3 aromatic rings. The molecule has 1 heterocycles. The Kier molecular flexibility index (Phi) is 6.52. The van der Waals surface area contributed by atoms with Crippen molar-refractivity contribution >= 4 is 50.8 Å². The van der Waals surface area contributed by atoms with E-state index in [1.165, 1.54) is 11.8 Å². The van der Waals surface area contributed by atoms with Crippen molar-refractivity contribution in [1.82, 2.24) is 10.4 Å². The van der Waals surface area contributed by atoms with Crippen LogP contribution in [0.2, 0.25) is 0 Å². The predicted octanol–water partition coefficient (Wildman–Crippen LogP) is 3.49. The lowest BCUT2D eigenvalue weighted by Gasteiger charge is -2.04. The highest BCUT2D eigenvalue weighted by molar-refractivity contribution is 9.10. The molecule has 0 saturated carbocycles. The molecule has 6 nitrogen and oxygen atoms in total. The molecule has 0 aliphatic carbocycles. The number of benzene rings is 2. The molecule has 0 atom stereocenters. The zero-order valence-corrected chi connectivity index (χ0v) is 17.4. The Morgan fingerprint density at radius 1 is 1.37 bits per heavy atom. The molecule has 0 aliphatic rings. The third-order valence-corrected chi connectivity index (χ3v) is 5.42. The van der Waals surface area contributed by atoms with E-state index in [9.17, 15) is 4.79 Å². The Balaban J connectivity index is 1.61. The minimum Gasteiger partial charge on any atom is -0.496 e. The molecule has 1 aromatic heterocycles. The van der Waals surface area contributed by atoms with Gasteiger partial charge in [-0.15, -0.1) is 0 Å². The monoisotopic (exact) mass is 447 g/mol. The Bertz CT molecular complexity index is 987. The van der Waals surface area contributed by atoms with Gasteiger partial charge in [0.1, 0.15) is 5.75 Å². The summed E-state index contributed by atoms with van der Waals surface area (Å²) in [5.41, 5.74) is 5.52.